The number of hydrogen-bond acceptors (Lipinski definition) is 8. The largest absolute Gasteiger partial charge is 0.457 e. The van der Waals surface area contributed by atoms with Gasteiger partial charge < -0.3 is 20.3 Å². The van der Waals surface area contributed by atoms with Gasteiger partial charge in [-0.2, -0.15) is 5.10 Å². The Morgan fingerprint density at radius 2 is 1.76 bits per heavy atom. The monoisotopic (exact) mass is 566 g/mol. The van der Waals surface area contributed by atoms with Crippen molar-refractivity contribution in [2.24, 2.45) is 0 Å². The van der Waals surface area contributed by atoms with Gasteiger partial charge >= 0.3 is 0 Å². The maximum atomic E-state index is 13.1. The van der Waals surface area contributed by atoms with Gasteiger partial charge in [0, 0.05) is 37.3 Å². The summed E-state index contributed by atoms with van der Waals surface area (Å²) in [5.74, 6) is 1.92. The highest BCUT2D eigenvalue weighted by Gasteiger charge is 2.30. The van der Waals surface area contributed by atoms with Crippen LogP contribution in [-0.2, 0) is 4.79 Å². The highest BCUT2D eigenvalue weighted by Crippen LogP contribution is 2.35. The standard InChI is InChI=1S/C32H38N8O2/c1-37-18-14-24(15-19-37)38(2)17-6-9-28(41)39-20-16-25(21-39)40-32-29(31(33)34-22-35-32)30(36-40)23-10-12-27(13-11-23)42-26-7-4-3-5-8-26/h3-13,22,24-25H,14-21H2,1-2H3,(H2,33,34,35)/b9-6+. The number of rotatable bonds is 8. The van der Waals surface area contributed by atoms with Gasteiger partial charge in [-0.25, -0.2) is 14.6 Å². The number of likely N-dealkylation sites (N-methyl/N-ethyl adjacent to an activating group) is 1. The van der Waals surface area contributed by atoms with Crippen LogP contribution in [-0.4, -0.2) is 93.2 Å². The lowest BCUT2D eigenvalue weighted by atomic mass is 10.0. The zero-order chi connectivity index (χ0) is 29.1. The summed E-state index contributed by atoms with van der Waals surface area (Å²) in [5.41, 5.74) is 8.63. The molecule has 2 aromatic carbocycles. The number of anilines is 1. The second-order valence-electron chi connectivity index (χ2n) is 11.3. The molecule has 0 radical (unpaired) electrons. The Bertz CT molecular complexity index is 1540. The number of para-hydroxylation sites is 1. The van der Waals surface area contributed by atoms with Gasteiger partial charge in [-0.15, -0.1) is 0 Å². The molecule has 2 aromatic heterocycles. The summed E-state index contributed by atoms with van der Waals surface area (Å²) in [6.07, 6.45) is 8.31. The lowest BCUT2D eigenvalue weighted by Gasteiger charge is -2.34. The van der Waals surface area contributed by atoms with Crippen molar-refractivity contribution in [2.45, 2.75) is 31.3 Å². The normalized spacial score (nSPS) is 18.5. The van der Waals surface area contributed by atoms with Gasteiger partial charge in [0.1, 0.15) is 29.3 Å². The number of nitrogens with zero attached hydrogens (tertiary/aromatic N) is 7. The molecule has 2 aliphatic rings. The Morgan fingerprint density at radius 1 is 1.02 bits per heavy atom. The van der Waals surface area contributed by atoms with Crippen LogP contribution in [0.4, 0.5) is 5.82 Å². The topological polar surface area (TPSA) is 106 Å². The van der Waals surface area contributed by atoms with E-state index >= 15 is 0 Å². The van der Waals surface area contributed by atoms with Crippen LogP contribution in [0.1, 0.15) is 25.3 Å². The first-order chi connectivity index (χ1) is 20.5. The minimum Gasteiger partial charge on any atom is -0.457 e. The van der Waals surface area contributed by atoms with Crippen molar-refractivity contribution >= 4 is 22.8 Å². The van der Waals surface area contributed by atoms with E-state index in [0.717, 1.165) is 54.2 Å². The molecule has 218 valence electrons. The first-order valence-electron chi connectivity index (χ1n) is 14.6. The highest BCUT2D eigenvalue weighted by molar-refractivity contribution is 5.98. The highest BCUT2D eigenvalue weighted by atomic mass is 16.5. The molecule has 10 heteroatoms. The Kier molecular flexibility index (Phi) is 8.16. The van der Waals surface area contributed by atoms with Gasteiger partial charge in [-0.05, 0) is 82.8 Å². The number of amides is 1. The lowest BCUT2D eigenvalue weighted by Crippen LogP contribution is -2.41. The summed E-state index contributed by atoms with van der Waals surface area (Å²) in [6, 6.07) is 18.0. The Labute approximate surface area is 246 Å². The van der Waals surface area contributed by atoms with Crippen LogP contribution >= 0.6 is 0 Å². The van der Waals surface area contributed by atoms with Crippen LogP contribution in [0.25, 0.3) is 22.3 Å². The van der Waals surface area contributed by atoms with Crippen molar-refractivity contribution in [1.29, 1.82) is 0 Å². The quantitative estimate of drug-likeness (QED) is 0.316. The third-order valence-electron chi connectivity index (χ3n) is 8.41. The van der Waals surface area contributed by atoms with E-state index in [-0.39, 0.29) is 11.9 Å². The van der Waals surface area contributed by atoms with E-state index < -0.39 is 0 Å². The number of fused-ring (bicyclic) bond motifs is 1. The van der Waals surface area contributed by atoms with Crippen molar-refractivity contribution in [3.8, 4) is 22.8 Å². The van der Waals surface area contributed by atoms with Crippen LogP contribution in [0.5, 0.6) is 11.5 Å². The minimum absolute atomic E-state index is 0.00418. The summed E-state index contributed by atoms with van der Waals surface area (Å²) >= 11 is 0. The fraction of sp³-hybridized carbons (Fsp3) is 0.375. The molecule has 1 atom stereocenters. The molecule has 1 amide bonds. The van der Waals surface area contributed by atoms with Gasteiger partial charge in [0.05, 0.1) is 11.4 Å². The fourth-order valence-electron chi connectivity index (χ4n) is 5.91. The fourth-order valence-corrected chi connectivity index (χ4v) is 5.91. The number of aromatic nitrogens is 4. The second-order valence-corrected chi connectivity index (χ2v) is 11.3. The van der Waals surface area contributed by atoms with Crippen molar-refractivity contribution < 1.29 is 9.53 Å². The molecule has 4 heterocycles. The van der Waals surface area contributed by atoms with Crippen LogP contribution in [0.2, 0.25) is 0 Å². The second kappa shape index (κ2) is 12.3. The number of nitrogen functional groups attached to an aromatic ring is 1. The maximum absolute atomic E-state index is 13.1. The number of nitrogens with two attached hydrogens (primary N) is 1. The molecule has 0 bridgehead atoms. The molecule has 42 heavy (non-hydrogen) atoms. The summed E-state index contributed by atoms with van der Waals surface area (Å²) < 4.78 is 7.87. The molecule has 2 aliphatic heterocycles. The van der Waals surface area contributed by atoms with E-state index in [2.05, 4.69) is 33.9 Å². The minimum atomic E-state index is -0.00418. The number of ether oxygens (including phenoxy) is 1. The molecule has 2 fully saturated rings. The van der Waals surface area contributed by atoms with Gasteiger partial charge in [0.2, 0.25) is 5.91 Å². The smallest absolute Gasteiger partial charge is 0.246 e. The number of piperidine rings is 1. The third-order valence-corrected chi connectivity index (χ3v) is 8.41. The van der Waals surface area contributed by atoms with E-state index in [4.69, 9.17) is 15.6 Å². The first kappa shape index (κ1) is 27.9. The van der Waals surface area contributed by atoms with Crippen LogP contribution in [0, 0.1) is 0 Å². The van der Waals surface area contributed by atoms with Crippen molar-refractivity contribution in [1.82, 2.24) is 34.4 Å². The number of hydrogen-bond donors (Lipinski definition) is 1. The summed E-state index contributed by atoms with van der Waals surface area (Å²) in [6.45, 7) is 4.26. The van der Waals surface area contributed by atoms with E-state index in [1.54, 1.807) is 6.08 Å². The molecule has 4 aromatic rings. The maximum Gasteiger partial charge on any atom is 0.246 e. The number of benzene rings is 2. The van der Waals surface area contributed by atoms with Crippen LogP contribution in [0.15, 0.2) is 73.1 Å². The molecule has 1 unspecified atom stereocenters. The van der Waals surface area contributed by atoms with E-state index in [9.17, 15) is 4.79 Å². The average molecular weight is 567 g/mol. The SMILES string of the molecule is CN1CCC(N(C)C/C=C/C(=O)N2CCC(n3nc(-c4ccc(Oc5ccccc5)cc4)c4c(N)ncnc43)C2)CC1. The zero-order valence-electron chi connectivity index (χ0n) is 24.3. The zero-order valence-corrected chi connectivity index (χ0v) is 24.3. The van der Waals surface area contributed by atoms with E-state index in [1.807, 2.05) is 70.3 Å². The van der Waals surface area contributed by atoms with Crippen molar-refractivity contribution in [2.75, 3.05) is 52.6 Å². The number of likely N-dealkylation sites (tertiary alicyclic amines) is 2. The number of carbonyl (C=O) groups is 1. The first-order valence-corrected chi connectivity index (χ1v) is 14.6. The molecular weight excluding hydrogens is 528 g/mol. The van der Waals surface area contributed by atoms with Gasteiger partial charge in [0.15, 0.2) is 5.65 Å². The van der Waals surface area contributed by atoms with Gasteiger partial charge in [0.25, 0.3) is 0 Å². The van der Waals surface area contributed by atoms with Crippen molar-refractivity contribution in [3.05, 3.63) is 73.1 Å². The predicted molar refractivity (Wildman–Crippen MR) is 164 cm³/mol. The predicted octanol–water partition coefficient (Wildman–Crippen LogP) is 4.22. The third kappa shape index (κ3) is 6.00. The summed E-state index contributed by atoms with van der Waals surface area (Å²) in [4.78, 5) is 28.5. The summed E-state index contributed by atoms with van der Waals surface area (Å²) in [5, 5.41) is 5.70. The molecule has 2 N–H and O–H groups in total. The Balaban J connectivity index is 1.14. The van der Waals surface area contributed by atoms with Crippen LogP contribution < -0.4 is 10.5 Å². The number of carbonyl (C=O) groups excluding carboxylic acids is 1. The van der Waals surface area contributed by atoms with E-state index in [1.165, 1.54) is 19.2 Å². The van der Waals surface area contributed by atoms with Gasteiger partial charge in [-0.3, -0.25) is 9.69 Å². The molecule has 0 aliphatic carbocycles. The Hall–Kier alpha value is -4.28. The molecular formula is C32H38N8O2. The average Bonchev–Trinajstić information content (AvgIpc) is 3.65. The Morgan fingerprint density at radius 3 is 2.52 bits per heavy atom. The molecule has 0 saturated carbocycles. The van der Waals surface area contributed by atoms with Gasteiger partial charge in [-0.1, -0.05) is 24.3 Å². The lowest BCUT2D eigenvalue weighted by molar-refractivity contribution is -0.125. The molecule has 0 spiro atoms. The van der Waals surface area contributed by atoms with Crippen LogP contribution in [0.3, 0.4) is 0 Å². The molecule has 2 saturated heterocycles. The van der Waals surface area contributed by atoms with Crippen molar-refractivity contribution in [3.63, 3.8) is 0 Å². The summed E-state index contributed by atoms with van der Waals surface area (Å²) in [7, 11) is 4.32. The molecule has 10 nitrogen and oxygen atoms in total. The molecule has 6 rings (SSSR count). The van der Waals surface area contributed by atoms with E-state index in [0.29, 0.717) is 30.6 Å².